The Kier molecular flexibility index (Phi) is 4.50. The summed E-state index contributed by atoms with van der Waals surface area (Å²) in [6.45, 7) is 6.45. The molecule has 80 valence electrons. The summed E-state index contributed by atoms with van der Waals surface area (Å²) in [6.07, 6.45) is 6.97. The van der Waals surface area contributed by atoms with Gasteiger partial charge in [0.05, 0.1) is 0 Å². The zero-order chi connectivity index (χ0) is 10.4. The molecule has 1 unspecified atom stereocenters. The molecule has 2 N–H and O–H groups in total. The Morgan fingerprint density at radius 1 is 1.50 bits per heavy atom. The molecule has 0 spiro atoms. The summed E-state index contributed by atoms with van der Waals surface area (Å²) in [5, 5.41) is 3.35. The summed E-state index contributed by atoms with van der Waals surface area (Å²) in [7, 11) is 0. The molecule has 0 aliphatic heterocycles. The van der Waals surface area contributed by atoms with Gasteiger partial charge in [-0.05, 0) is 20.3 Å². The molecule has 1 rings (SSSR count). The third kappa shape index (κ3) is 3.81. The molecule has 0 amide bonds. The first-order valence-electron chi connectivity index (χ1n) is 5.50. The normalized spacial score (nSPS) is 12.8. The van der Waals surface area contributed by atoms with Gasteiger partial charge in [-0.2, -0.15) is 0 Å². The second-order valence-electron chi connectivity index (χ2n) is 3.96. The Morgan fingerprint density at radius 2 is 2.29 bits per heavy atom. The van der Waals surface area contributed by atoms with Gasteiger partial charge in [0.2, 0.25) is 0 Å². The molecule has 0 radical (unpaired) electrons. The van der Waals surface area contributed by atoms with Crippen molar-refractivity contribution in [1.29, 1.82) is 0 Å². The van der Waals surface area contributed by atoms with Crippen LogP contribution in [0, 0.1) is 6.92 Å². The lowest BCUT2D eigenvalue weighted by atomic mass is 10.1. The summed E-state index contributed by atoms with van der Waals surface area (Å²) >= 11 is 0. The minimum absolute atomic E-state index is 0.507. The second-order valence-corrected chi connectivity index (χ2v) is 3.96. The van der Waals surface area contributed by atoms with Gasteiger partial charge in [0.1, 0.15) is 0 Å². The first-order chi connectivity index (χ1) is 6.72. The molecule has 0 saturated heterocycles. The van der Waals surface area contributed by atoms with Crippen LogP contribution in [-0.2, 0) is 0 Å². The molecule has 0 saturated carbocycles. The Morgan fingerprint density at radius 3 is 2.86 bits per heavy atom. The minimum atomic E-state index is 0.507. The maximum Gasteiger partial charge on any atom is 0.200 e. The molecule has 0 aromatic carbocycles. The molecule has 14 heavy (non-hydrogen) atoms. The molecule has 1 aromatic rings. The fourth-order valence-corrected chi connectivity index (χ4v) is 1.49. The highest BCUT2D eigenvalue weighted by atomic mass is 15.1. The van der Waals surface area contributed by atoms with Crippen LogP contribution in [0.15, 0.2) is 6.20 Å². The SMILES string of the molecule is CCCCCC(C)Nc1ncc(C)[nH]1. The lowest BCUT2D eigenvalue weighted by Crippen LogP contribution is -2.15. The van der Waals surface area contributed by atoms with Crippen LogP contribution in [-0.4, -0.2) is 16.0 Å². The average Bonchev–Trinajstić information content (AvgIpc) is 2.52. The van der Waals surface area contributed by atoms with Crippen molar-refractivity contribution in [3.05, 3.63) is 11.9 Å². The number of aryl methyl sites for hydroxylation is 1. The molecule has 1 aromatic heterocycles. The highest BCUT2D eigenvalue weighted by Crippen LogP contribution is 2.08. The topological polar surface area (TPSA) is 40.7 Å². The smallest absolute Gasteiger partial charge is 0.200 e. The van der Waals surface area contributed by atoms with Gasteiger partial charge in [-0.1, -0.05) is 26.2 Å². The van der Waals surface area contributed by atoms with E-state index in [2.05, 4.69) is 29.1 Å². The largest absolute Gasteiger partial charge is 0.353 e. The van der Waals surface area contributed by atoms with Gasteiger partial charge >= 0.3 is 0 Å². The van der Waals surface area contributed by atoms with Crippen molar-refractivity contribution in [2.75, 3.05) is 5.32 Å². The van der Waals surface area contributed by atoms with Crippen molar-refractivity contribution in [1.82, 2.24) is 9.97 Å². The average molecular weight is 195 g/mol. The van der Waals surface area contributed by atoms with E-state index in [0.717, 1.165) is 11.6 Å². The molecule has 3 heteroatoms. The standard InChI is InChI=1S/C11H21N3/c1-4-5-6-7-9(2)13-11-12-8-10(3)14-11/h8-9H,4-7H2,1-3H3,(H2,12,13,14). The van der Waals surface area contributed by atoms with Crippen LogP contribution in [0.2, 0.25) is 0 Å². The Labute approximate surface area is 86.3 Å². The molecular formula is C11H21N3. The van der Waals surface area contributed by atoms with Gasteiger partial charge in [-0.25, -0.2) is 4.98 Å². The molecule has 3 nitrogen and oxygen atoms in total. The van der Waals surface area contributed by atoms with E-state index in [1.165, 1.54) is 25.7 Å². The number of rotatable bonds is 6. The molecule has 0 bridgehead atoms. The third-order valence-corrected chi connectivity index (χ3v) is 2.33. The van der Waals surface area contributed by atoms with Gasteiger partial charge in [0.15, 0.2) is 5.95 Å². The van der Waals surface area contributed by atoms with E-state index in [9.17, 15) is 0 Å². The van der Waals surface area contributed by atoms with Crippen molar-refractivity contribution in [3.63, 3.8) is 0 Å². The molecule has 1 atom stereocenters. The number of nitrogens with one attached hydrogen (secondary N) is 2. The maximum absolute atomic E-state index is 4.22. The fourth-order valence-electron chi connectivity index (χ4n) is 1.49. The highest BCUT2D eigenvalue weighted by molar-refractivity contribution is 5.26. The second kappa shape index (κ2) is 5.68. The lowest BCUT2D eigenvalue weighted by molar-refractivity contribution is 0.612. The molecule has 0 aliphatic carbocycles. The lowest BCUT2D eigenvalue weighted by Gasteiger charge is -2.12. The first kappa shape index (κ1) is 11.1. The highest BCUT2D eigenvalue weighted by Gasteiger charge is 2.03. The summed E-state index contributed by atoms with van der Waals surface area (Å²) < 4.78 is 0. The summed E-state index contributed by atoms with van der Waals surface area (Å²) in [5.41, 5.74) is 1.10. The van der Waals surface area contributed by atoms with E-state index >= 15 is 0 Å². The van der Waals surface area contributed by atoms with Crippen molar-refractivity contribution in [3.8, 4) is 0 Å². The number of nitrogens with zero attached hydrogens (tertiary/aromatic N) is 1. The summed E-state index contributed by atoms with van der Waals surface area (Å²) in [5.74, 6) is 0.895. The quantitative estimate of drug-likeness (QED) is 0.685. The molecular weight excluding hydrogens is 174 g/mol. The van der Waals surface area contributed by atoms with E-state index in [4.69, 9.17) is 0 Å². The van der Waals surface area contributed by atoms with Crippen molar-refractivity contribution < 1.29 is 0 Å². The van der Waals surface area contributed by atoms with Crippen molar-refractivity contribution in [2.45, 2.75) is 52.5 Å². The van der Waals surface area contributed by atoms with E-state index in [-0.39, 0.29) is 0 Å². The minimum Gasteiger partial charge on any atom is -0.353 e. The van der Waals surface area contributed by atoms with E-state index in [1.54, 1.807) is 0 Å². The number of aromatic amines is 1. The van der Waals surface area contributed by atoms with Crippen LogP contribution >= 0.6 is 0 Å². The van der Waals surface area contributed by atoms with Gasteiger partial charge in [-0.3, -0.25) is 0 Å². The van der Waals surface area contributed by atoms with Gasteiger partial charge in [-0.15, -0.1) is 0 Å². The number of anilines is 1. The van der Waals surface area contributed by atoms with Gasteiger partial charge < -0.3 is 10.3 Å². The zero-order valence-electron chi connectivity index (χ0n) is 9.43. The number of imidazole rings is 1. The zero-order valence-corrected chi connectivity index (χ0v) is 9.43. The predicted molar refractivity (Wildman–Crippen MR) is 60.6 cm³/mol. The van der Waals surface area contributed by atoms with E-state index in [1.807, 2.05) is 13.1 Å². The van der Waals surface area contributed by atoms with Crippen LogP contribution in [0.4, 0.5) is 5.95 Å². The Bertz CT molecular complexity index is 255. The fraction of sp³-hybridized carbons (Fsp3) is 0.727. The van der Waals surface area contributed by atoms with Crippen LogP contribution < -0.4 is 5.32 Å². The molecule has 0 fully saturated rings. The van der Waals surface area contributed by atoms with Crippen molar-refractivity contribution >= 4 is 5.95 Å². The summed E-state index contributed by atoms with van der Waals surface area (Å²) in [6, 6.07) is 0.507. The molecule has 0 aliphatic rings. The number of unbranched alkanes of at least 4 members (excludes halogenated alkanes) is 2. The van der Waals surface area contributed by atoms with Gasteiger partial charge in [0.25, 0.3) is 0 Å². The Balaban J connectivity index is 2.23. The number of hydrogen-bond donors (Lipinski definition) is 2. The first-order valence-corrected chi connectivity index (χ1v) is 5.50. The van der Waals surface area contributed by atoms with Crippen LogP contribution in [0.1, 0.15) is 45.2 Å². The molecule has 1 heterocycles. The van der Waals surface area contributed by atoms with Gasteiger partial charge in [0, 0.05) is 17.9 Å². The summed E-state index contributed by atoms with van der Waals surface area (Å²) in [4.78, 5) is 7.39. The number of hydrogen-bond acceptors (Lipinski definition) is 2. The Hall–Kier alpha value is -0.990. The monoisotopic (exact) mass is 195 g/mol. The predicted octanol–water partition coefficient (Wildman–Crippen LogP) is 3.10. The van der Waals surface area contributed by atoms with Crippen molar-refractivity contribution in [2.24, 2.45) is 0 Å². The van der Waals surface area contributed by atoms with Crippen LogP contribution in [0.3, 0.4) is 0 Å². The number of H-pyrrole nitrogens is 1. The van der Waals surface area contributed by atoms with Crippen LogP contribution in [0.5, 0.6) is 0 Å². The maximum atomic E-state index is 4.22. The van der Waals surface area contributed by atoms with E-state index in [0.29, 0.717) is 6.04 Å². The van der Waals surface area contributed by atoms with E-state index < -0.39 is 0 Å². The third-order valence-electron chi connectivity index (χ3n) is 2.33. The number of aromatic nitrogens is 2. The van der Waals surface area contributed by atoms with Crippen LogP contribution in [0.25, 0.3) is 0 Å².